The van der Waals surface area contributed by atoms with Crippen LogP contribution in [0, 0.1) is 0 Å². The van der Waals surface area contributed by atoms with Crippen LogP contribution in [0.3, 0.4) is 0 Å². The van der Waals surface area contributed by atoms with Crippen molar-refractivity contribution in [1.29, 1.82) is 0 Å². The van der Waals surface area contributed by atoms with Gasteiger partial charge in [0, 0.05) is 0 Å². The molecule has 1 fully saturated rings. The third-order valence-corrected chi connectivity index (χ3v) is 1.79. The fraction of sp³-hybridized carbons (Fsp3) is 0.833. The van der Waals surface area contributed by atoms with Crippen LogP contribution in [0.2, 0.25) is 0 Å². The fourth-order valence-corrected chi connectivity index (χ4v) is 1.07. The van der Waals surface area contributed by atoms with E-state index in [1.165, 1.54) is 0 Å². The average Bonchev–Trinajstić information content (AvgIpc) is 2.06. The van der Waals surface area contributed by atoms with Crippen LogP contribution in [0.25, 0.3) is 0 Å². The Kier molecular flexibility index (Phi) is 3.04. The first-order chi connectivity index (χ1) is 6.02. The monoisotopic (exact) mass is 192 g/mol. The Balaban J connectivity index is 2.53. The molecule has 7 heteroatoms. The SMILES string of the molecule is NC(=O)NC1OC[C@@H](O)[C@@H](O)[C@@H]1O. The normalized spacial score (nSPS) is 39.9. The summed E-state index contributed by atoms with van der Waals surface area (Å²) in [5.41, 5.74) is 4.78. The van der Waals surface area contributed by atoms with Crippen LogP contribution < -0.4 is 11.1 Å². The van der Waals surface area contributed by atoms with Crippen molar-refractivity contribution >= 4 is 6.03 Å². The van der Waals surface area contributed by atoms with Crippen molar-refractivity contribution in [3.8, 4) is 0 Å². The lowest BCUT2D eigenvalue weighted by Gasteiger charge is -2.34. The second kappa shape index (κ2) is 3.88. The summed E-state index contributed by atoms with van der Waals surface area (Å²) in [5, 5.41) is 29.5. The van der Waals surface area contributed by atoms with Gasteiger partial charge in [0.25, 0.3) is 0 Å². The first kappa shape index (κ1) is 10.2. The van der Waals surface area contributed by atoms with Crippen LogP contribution in [0.5, 0.6) is 0 Å². The number of urea groups is 1. The Hall–Kier alpha value is -0.890. The van der Waals surface area contributed by atoms with Crippen LogP contribution in [-0.2, 0) is 4.74 Å². The molecule has 1 aliphatic rings. The van der Waals surface area contributed by atoms with Gasteiger partial charge in [-0.3, -0.25) is 0 Å². The molecule has 0 aromatic carbocycles. The van der Waals surface area contributed by atoms with Gasteiger partial charge >= 0.3 is 6.03 Å². The summed E-state index contributed by atoms with van der Waals surface area (Å²) in [5.74, 6) is 0. The van der Waals surface area contributed by atoms with Crippen molar-refractivity contribution in [3.05, 3.63) is 0 Å². The van der Waals surface area contributed by atoms with Gasteiger partial charge in [-0.1, -0.05) is 0 Å². The van der Waals surface area contributed by atoms with Gasteiger partial charge in [-0.25, -0.2) is 4.79 Å². The standard InChI is InChI=1S/C6H12N2O5/c7-6(12)8-5-4(11)3(10)2(9)1-13-5/h2-5,9-11H,1H2,(H3,7,8,12)/t2-,3-,4+,5?/m1/s1. The third kappa shape index (κ3) is 2.28. The van der Waals surface area contributed by atoms with E-state index >= 15 is 0 Å². The smallest absolute Gasteiger partial charge is 0.314 e. The van der Waals surface area contributed by atoms with E-state index < -0.39 is 30.6 Å². The zero-order valence-corrected chi connectivity index (χ0v) is 6.75. The Morgan fingerprint density at radius 2 is 2.00 bits per heavy atom. The number of hydrogen-bond donors (Lipinski definition) is 5. The van der Waals surface area contributed by atoms with Gasteiger partial charge < -0.3 is 31.1 Å². The van der Waals surface area contributed by atoms with E-state index in [2.05, 4.69) is 5.32 Å². The van der Waals surface area contributed by atoms with E-state index in [0.717, 1.165) is 0 Å². The number of carbonyl (C=O) groups is 1. The average molecular weight is 192 g/mol. The van der Waals surface area contributed by atoms with Crippen molar-refractivity contribution in [3.63, 3.8) is 0 Å². The van der Waals surface area contributed by atoms with Gasteiger partial charge in [-0.2, -0.15) is 0 Å². The molecule has 0 aromatic heterocycles. The van der Waals surface area contributed by atoms with E-state index in [4.69, 9.17) is 20.7 Å². The van der Waals surface area contributed by atoms with Gasteiger partial charge in [0.05, 0.1) is 6.61 Å². The summed E-state index contributed by atoms with van der Waals surface area (Å²) >= 11 is 0. The van der Waals surface area contributed by atoms with Crippen LogP contribution in [-0.4, -0.2) is 52.5 Å². The summed E-state index contributed by atoms with van der Waals surface area (Å²) in [6.45, 7) is -0.164. The first-order valence-corrected chi connectivity index (χ1v) is 3.74. The molecule has 76 valence electrons. The molecular weight excluding hydrogens is 180 g/mol. The predicted molar refractivity (Wildman–Crippen MR) is 40.5 cm³/mol. The number of carbonyl (C=O) groups excluding carboxylic acids is 1. The number of nitrogens with two attached hydrogens (primary N) is 1. The summed E-state index contributed by atoms with van der Waals surface area (Å²) in [6, 6.07) is -0.868. The van der Waals surface area contributed by atoms with Crippen LogP contribution >= 0.6 is 0 Å². The summed E-state index contributed by atoms with van der Waals surface area (Å²) < 4.78 is 4.81. The van der Waals surface area contributed by atoms with Crippen molar-refractivity contribution < 1.29 is 24.9 Å². The second-order valence-corrected chi connectivity index (χ2v) is 2.81. The minimum absolute atomic E-state index is 0.164. The van der Waals surface area contributed by atoms with E-state index in [1.807, 2.05) is 0 Å². The Bertz CT molecular complexity index is 199. The lowest BCUT2D eigenvalue weighted by molar-refractivity contribution is -0.191. The van der Waals surface area contributed by atoms with Gasteiger partial charge in [-0.05, 0) is 0 Å². The molecule has 1 rings (SSSR count). The number of aliphatic hydroxyl groups is 3. The topological polar surface area (TPSA) is 125 Å². The van der Waals surface area contributed by atoms with Gasteiger partial charge in [0.15, 0.2) is 6.23 Å². The molecule has 2 amide bonds. The second-order valence-electron chi connectivity index (χ2n) is 2.81. The molecule has 1 saturated heterocycles. The summed E-state index contributed by atoms with van der Waals surface area (Å²) in [6.07, 6.45) is -4.95. The van der Waals surface area contributed by atoms with Crippen molar-refractivity contribution in [2.24, 2.45) is 5.73 Å². The number of amides is 2. The van der Waals surface area contributed by atoms with E-state index in [-0.39, 0.29) is 6.61 Å². The molecule has 0 aromatic rings. The highest BCUT2D eigenvalue weighted by molar-refractivity contribution is 5.71. The molecule has 1 unspecified atom stereocenters. The number of hydrogen-bond acceptors (Lipinski definition) is 5. The van der Waals surface area contributed by atoms with E-state index in [1.54, 1.807) is 0 Å². The maximum atomic E-state index is 10.4. The molecular formula is C6H12N2O5. The molecule has 0 saturated carbocycles. The number of aliphatic hydroxyl groups excluding tert-OH is 3. The van der Waals surface area contributed by atoms with E-state index in [0.29, 0.717) is 0 Å². The molecule has 13 heavy (non-hydrogen) atoms. The van der Waals surface area contributed by atoms with Gasteiger partial charge in [-0.15, -0.1) is 0 Å². The minimum Gasteiger partial charge on any atom is -0.388 e. The quantitative estimate of drug-likeness (QED) is 0.304. The fourth-order valence-electron chi connectivity index (χ4n) is 1.07. The molecule has 0 bridgehead atoms. The molecule has 4 atom stereocenters. The lowest BCUT2D eigenvalue weighted by Crippen LogP contribution is -2.59. The van der Waals surface area contributed by atoms with Crippen LogP contribution in [0.1, 0.15) is 0 Å². The third-order valence-electron chi connectivity index (χ3n) is 1.79. The molecule has 0 spiro atoms. The zero-order valence-electron chi connectivity index (χ0n) is 6.75. The largest absolute Gasteiger partial charge is 0.388 e. The predicted octanol–water partition coefficient (Wildman–Crippen LogP) is -2.91. The minimum atomic E-state index is -1.38. The number of ether oxygens (including phenoxy) is 1. The van der Waals surface area contributed by atoms with Crippen molar-refractivity contribution in [2.75, 3.05) is 6.61 Å². The molecule has 1 heterocycles. The summed E-state index contributed by atoms with van der Waals surface area (Å²) in [7, 11) is 0. The zero-order chi connectivity index (χ0) is 10.0. The van der Waals surface area contributed by atoms with Crippen LogP contribution in [0.4, 0.5) is 4.79 Å². The Labute approximate surface area is 74.1 Å². The molecule has 1 aliphatic heterocycles. The number of rotatable bonds is 1. The molecule has 7 nitrogen and oxygen atoms in total. The molecule has 6 N–H and O–H groups in total. The Morgan fingerprint density at radius 1 is 1.38 bits per heavy atom. The highest BCUT2D eigenvalue weighted by Crippen LogP contribution is 2.13. The van der Waals surface area contributed by atoms with Gasteiger partial charge in [0.2, 0.25) is 0 Å². The Morgan fingerprint density at radius 3 is 2.54 bits per heavy atom. The lowest BCUT2D eigenvalue weighted by atomic mass is 10.0. The van der Waals surface area contributed by atoms with Crippen molar-refractivity contribution in [1.82, 2.24) is 5.32 Å². The van der Waals surface area contributed by atoms with Crippen LogP contribution in [0.15, 0.2) is 0 Å². The molecule has 0 radical (unpaired) electrons. The van der Waals surface area contributed by atoms with Gasteiger partial charge in [0.1, 0.15) is 18.3 Å². The maximum absolute atomic E-state index is 10.4. The maximum Gasteiger partial charge on any atom is 0.314 e. The number of nitrogens with one attached hydrogen (secondary N) is 1. The van der Waals surface area contributed by atoms with E-state index in [9.17, 15) is 9.90 Å². The van der Waals surface area contributed by atoms with Crippen molar-refractivity contribution in [2.45, 2.75) is 24.5 Å². The molecule has 0 aliphatic carbocycles. The first-order valence-electron chi connectivity index (χ1n) is 3.74. The number of primary amides is 1. The highest BCUT2D eigenvalue weighted by atomic mass is 16.5. The highest BCUT2D eigenvalue weighted by Gasteiger charge is 2.37. The summed E-state index contributed by atoms with van der Waals surface area (Å²) in [4.78, 5) is 10.4.